The average molecular weight is 483 g/mol. The number of halogens is 3. The zero-order valence-corrected chi connectivity index (χ0v) is 18.2. The van der Waals surface area contributed by atoms with E-state index in [0.717, 1.165) is 12.1 Å². The van der Waals surface area contributed by atoms with Gasteiger partial charge in [0.05, 0.1) is 5.69 Å². The second-order valence-corrected chi connectivity index (χ2v) is 7.54. The molecule has 7 nitrogen and oxygen atoms in total. The highest BCUT2D eigenvalue weighted by Crippen LogP contribution is 2.33. The first kappa shape index (κ1) is 22.9. The van der Waals surface area contributed by atoms with Crippen molar-refractivity contribution in [2.24, 2.45) is 0 Å². The third kappa shape index (κ3) is 5.05. The SMILES string of the molecule is Nc1nccc(Oc2ccc(-n3ccc(C(=O)NCc4ccc(F)cc4)cc3=O)cc2F)c1Cl. The fourth-order valence-corrected chi connectivity index (χ4v) is 3.23. The number of benzene rings is 2. The van der Waals surface area contributed by atoms with Gasteiger partial charge in [-0.05, 0) is 35.9 Å². The minimum atomic E-state index is -0.739. The van der Waals surface area contributed by atoms with Gasteiger partial charge in [0.25, 0.3) is 11.5 Å². The van der Waals surface area contributed by atoms with Crippen LogP contribution in [0.1, 0.15) is 15.9 Å². The van der Waals surface area contributed by atoms with E-state index in [4.69, 9.17) is 22.1 Å². The molecule has 0 aliphatic heterocycles. The summed E-state index contributed by atoms with van der Waals surface area (Å²) in [7, 11) is 0. The molecule has 3 N–H and O–H groups in total. The Labute approximate surface area is 197 Å². The summed E-state index contributed by atoms with van der Waals surface area (Å²) < 4.78 is 34.3. The Morgan fingerprint density at radius 2 is 1.82 bits per heavy atom. The number of hydrogen-bond donors (Lipinski definition) is 2. The Hall–Kier alpha value is -4.24. The predicted octanol–water partition coefficient (Wildman–Crippen LogP) is 4.47. The van der Waals surface area contributed by atoms with Gasteiger partial charge in [0.1, 0.15) is 16.7 Å². The number of ether oxygens (including phenoxy) is 1. The summed E-state index contributed by atoms with van der Waals surface area (Å²) in [4.78, 5) is 28.8. The topological polar surface area (TPSA) is 99.2 Å². The zero-order chi connectivity index (χ0) is 24.2. The third-order valence-electron chi connectivity index (χ3n) is 4.84. The van der Waals surface area contributed by atoms with Crippen LogP contribution >= 0.6 is 11.6 Å². The molecule has 2 aromatic heterocycles. The summed E-state index contributed by atoms with van der Waals surface area (Å²) in [6, 6.07) is 13.6. The lowest BCUT2D eigenvalue weighted by molar-refractivity contribution is 0.0950. The van der Waals surface area contributed by atoms with Gasteiger partial charge in [-0.1, -0.05) is 23.7 Å². The van der Waals surface area contributed by atoms with Crippen LogP contribution < -0.4 is 21.3 Å². The van der Waals surface area contributed by atoms with Crippen LogP contribution in [-0.4, -0.2) is 15.5 Å². The number of pyridine rings is 2. The molecule has 0 bridgehead atoms. The highest BCUT2D eigenvalue weighted by Gasteiger charge is 2.13. The number of nitrogens with zero attached hydrogens (tertiary/aromatic N) is 2. The number of rotatable bonds is 6. The van der Waals surface area contributed by atoms with E-state index in [1.807, 2.05) is 0 Å². The Morgan fingerprint density at radius 3 is 2.53 bits per heavy atom. The van der Waals surface area contributed by atoms with E-state index in [-0.39, 0.29) is 46.0 Å². The van der Waals surface area contributed by atoms with Gasteiger partial charge in [-0.25, -0.2) is 13.8 Å². The Morgan fingerprint density at radius 1 is 1.06 bits per heavy atom. The van der Waals surface area contributed by atoms with Crippen molar-refractivity contribution in [1.29, 1.82) is 0 Å². The largest absolute Gasteiger partial charge is 0.453 e. The van der Waals surface area contributed by atoms with Gasteiger partial charge in [0.15, 0.2) is 17.3 Å². The fourth-order valence-electron chi connectivity index (χ4n) is 3.08. The quantitative estimate of drug-likeness (QED) is 0.422. The molecule has 0 aliphatic rings. The highest BCUT2D eigenvalue weighted by atomic mass is 35.5. The monoisotopic (exact) mass is 482 g/mol. The zero-order valence-electron chi connectivity index (χ0n) is 17.5. The van der Waals surface area contributed by atoms with Crippen molar-refractivity contribution < 1.29 is 18.3 Å². The molecule has 172 valence electrons. The summed E-state index contributed by atoms with van der Waals surface area (Å²) >= 11 is 6.02. The molecule has 10 heteroatoms. The molecule has 34 heavy (non-hydrogen) atoms. The second kappa shape index (κ2) is 9.72. The number of nitrogens with one attached hydrogen (secondary N) is 1. The number of carbonyl (C=O) groups excluding carboxylic acids is 1. The van der Waals surface area contributed by atoms with Crippen LogP contribution in [-0.2, 0) is 6.54 Å². The number of nitrogens with two attached hydrogens (primary N) is 1. The molecule has 0 spiro atoms. The van der Waals surface area contributed by atoms with Crippen molar-refractivity contribution in [3.63, 3.8) is 0 Å². The van der Waals surface area contributed by atoms with E-state index in [1.165, 1.54) is 53.4 Å². The lowest BCUT2D eigenvalue weighted by Gasteiger charge is -2.12. The normalized spacial score (nSPS) is 10.7. The highest BCUT2D eigenvalue weighted by molar-refractivity contribution is 6.34. The van der Waals surface area contributed by atoms with E-state index in [1.54, 1.807) is 12.1 Å². The van der Waals surface area contributed by atoms with E-state index in [9.17, 15) is 18.4 Å². The van der Waals surface area contributed by atoms with E-state index in [2.05, 4.69) is 10.3 Å². The third-order valence-corrected chi connectivity index (χ3v) is 5.22. The first-order valence-corrected chi connectivity index (χ1v) is 10.3. The summed E-state index contributed by atoms with van der Waals surface area (Å²) in [6.07, 6.45) is 2.74. The van der Waals surface area contributed by atoms with Crippen LogP contribution in [0.25, 0.3) is 5.69 Å². The maximum Gasteiger partial charge on any atom is 0.255 e. The molecule has 0 radical (unpaired) electrons. The van der Waals surface area contributed by atoms with Crippen molar-refractivity contribution in [2.45, 2.75) is 6.54 Å². The summed E-state index contributed by atoms with van der Waals surface area (Å²) in [5.41, 5.74) is 6.15. The fraction of sp³-hybridized carbons (Fsp3) is 0.0417. The summed E-state index contributed by atoms with van der Waals surface area (Å²) in [6.45, 7) is 0.169. The summed E-state index contributed by atoms with van der Waals surface area (Å²) in [5, 5.41) is 2.71. The number of aromatic nitrogens is 2. The number of amides is 1. The van der Waals surface area contributed by atoms with Gasteiger partial charge in [0, 0.05) is 42.7 Å². The average Bonchev–Trinajstić information content (AvgIpc) is 2.82. The van der Waals surface area contributed by atoms with Gasteiger partial charge in [0.2, 0.25) is 0 Å². The van der Waals surface area contributed by atoms with Crippen LogP contribution in [0.3, 0.4) is 0 Å². The number of nitrogen functional groups attached to an aromatic ring is 1. The minimum Gasteiger partial charge on any atom is -0.453 e. The van der Waals surface area contributed by atoms with E-state index >= 15 is 0 Å². The first-order valence-electron chi connectivity index (χ1n) is 9.95. The molecular weight excluding hydrogens is 466 g/mol. The Balaban J connectivity index is 1.49. The van der Waals surface area contributed by atoms with Gasteiger partial charge in [-0.15, -0.1) is 0 Å². The van der Waals surface area contributed by atoms with Crippen LogP contribution in [0, 0.1) is 11.6 Å². The number of carbonyl (C=O) groups is 1. The summed E-state index contributed by atoms with van der Waals surface area (Å²) in [5.74, 6) is -1.53. The van der Waals surface area contributed by atoms with Crippen LogP contribution in [0.4, 0.5) is 14.6 Å². The molecule has 4 rings (SSSR count). The molecule has 0 atom stereocenters. The van der Waals surface area contributed by atoms with Crippen molar-refractivity contribution >= 4 is 23.3 Å². The van der Waals surface area contributed by atoms with Crippen molar-refractivity contribution in [2.75, 3.05) is 5.73 Å². The molecule has 0 unspecified atom stereocenters. The minimum absolute atomic E-state index is 0.0459. The van der Waals surface area contributed by atoms with E-state index in [0.29, 0.717) is 5.56 Å². The maximum absolute atomic E-state index is 14.7. The molecule has 2 heterocycles. The first-order chi connectivity index (χ1) is 16.3. The molecule has 0 fully saturated rings. The molecular formula is C24H17ClF2N4O3. The standard InChI is InChI=1S/C24H17ClF2N4O3/c25-22-20(7-9-29-23(22)28)34-19-6-5-17(12-18(19)27)31-10-8-15(11-21(31)32)24(33)30-13-14-1-3-16(26)4-2-14/h1-12H,13H2,(H2,28,29)(H,30,33). The predicted molar refractivity (Wildman–Crippen MR) is 123 cm³/mol. The lowest BCUT2D eigenvalue weighted by atomic mass is 10.2. The molecule has 0 saturated heterocycles. The van der Waals surface area contributed by atoms with Crippen LogP contribution in [0.15, 0.2) is 77.9 Å². The molecule has 0 saturated carbocycles. The number of hydrogen-bond acceptors (Lipinski definition) is 5. The molecule has 0 aliphatic carbocycles. The number of anilines is 1. The Bertz CT molecular complexity index is 1420. The van der Waals surface area contributed by atoms with Gasteiger partial charge >= 0.3 is 0 Å². The maximum atomic E-state index is 14.7. The lowest BCUT2D eigenvalue weighted by Crippen LogP contribution is -2.26. The molecule has 1 amide bonds. The van der Waals surface area contributed by atoms with Crippen molar-refractivity contribution in [3.05, 3.63) is 111 Å². The van der Waals surface area contributed by atoms with Crippen molar-refractivity contribution in [3.8, 4) is 17.2 Å². The molecule has 2 aromatic carbocycles. The van der Waals surface area contributed by atoms with Crippen LogP contribution in [0.2, 0.25) is 5.02 Å². The molecule has 4 aromatic rings. The Kier molecular flexibility index (Phi) is 6.55. The smallest absolute Gasteiger partial charge is 0.255 e. The van der Waals surface area contributed by atoms with E-state index < -0.39 is 17.3 Å². The van der Waals surface area contributed by atoms with Gasteiger partial charge in [-0.2, -0.15) is 0 Å². The van der Waals surface area contributed by atoms with Gasteiger partial charge in [-0.3, -0.25) is 14.2 Å². The second-order valence-electron chi connectivity index (χ2n) is 7.16. The van der Waals surface area contributed by atoms with Crippen molar-refractivity contribution in [1.82, 2.24) is 14.9 Å². The van der Waals surface area contributed by atoms with Gasteiger partial charge < -0.3 is 15.8 Å². The van der Waals surface area contributed by atoms with Crippen LogP contribution in [0.5, 0.6) is 11.5 Å².